The molecule has 2 aromatic rings. The van der Waals surface area contributed by atoms with Crippen molar-refractivity contribution in [3.05, 3.63) is 71.8 Å². The van der Waals surface area contributed by atoms with Gasteiger partial charge in [0.25, 0.3) is 0 Å². The largest absolute Gasteiger partial charge is 0.338 e. The number of carbonyl (C=O) groups is 1. The van der Waals surface area contributed by atoms with Crippen LogP contribution in [0.4, 0.5) is 4.79 Å². The van der Waals surface area contributed by atoms with E-state index in [9.17, 15) is 4.79 Å². The van der Waals surface area contributed by atoms with Crippen molar-refractivity contribution in [2.24, 2.45) is 0 Å². The van der Waals surface area contributed by atoms with E-state index in [0.717, 1.165) is 39.1 Å². The molecule has 5 heteroatoms. The maximum Gasteiger partial charge on any atom is 0.317 e. The van der Waals surface area contributed by atoms with Crippen molar-refractivity contribution < 1.29 is 4.79 Å². The van der Waals surface area contributed by atoms with Crippen LogP contribution in [0.5, 0.6) is 0 Å². The van der Waals surface area contributed by atoms with Gasteiger partial charge in [-0.3, -0.25) is 4.90 Å². The number of urea groups is 1. The van der Waals surface area contributed by atoms with Gasteiger partial charge in [0.05, 0.1) is 0 Å². The molecule has 31 heavy (non-hydrogen) atoms. The SMILES string of the molecule is O=C(NCCC(c1ccccc1)c1ccccc1)N1CCN(CCN2CCCC2)CC1. The van der Waals surface area contributed by atoms with Crippen LogP contribution in [-0.2, 0) is 0 Å². The fourth-order valence-electron chi connectivity index (χ4n) is 4.80. The van der Waals surface area contributed by atoms with E-state index in [2.05, 4.69) is 75.8 Å². The van der Waals surface area contributed by atoms with Gasteiger partial charge >= 0.3 is 6.03 Å². The van der Waals surface area contributed by atoms with E-state index in [-0.39, 0.29) is 6.03 Å². The van der Waals surface area contributed by atoms with Gasteiger partial charge in [-0.15, -0.1) is 0 Å². The molecule has 2 fully saturated rings. The molecule has 0 aromatic heterocycles. The Morgan fingerprint density at radius 3 is 1.81 bits per heavy atom. The Kier molecular flexibility index (Phi) is 7.97. The Morgan fingerprint density at radius 1 is 0.742 bits per heavy atom. The van der Waals surface area contributed by atoms with Gasteiger partial charge in [-0.2, -0.15) is 0 Å². The second-order valence-electron chi connectivity index (χ2n) is 8.77. The highest BCUT2D eigenvalue weighted by Crippen LogP contribution is 2.27. The van der Waals surface area contributed by atoms with Crippen molar-refractivity contribution in [3.63, 3.8) is 0 Å². The predicted octanol–water partition coefficient (Wildman–Crippen LogP) is 3.63. The quantitative estimate of drug-likeness (QED) is 0.709. The van der Waals surface area contributed by atoms with Crippen molar-refractivity contribution in [2.75, 3.05) is 58.9 Å². The molecule has 4 rings (SSSR count). The molecule has 0 spiro atoms. The van der Waals surface area contributed by atoms with E-state index < -0.39 is 0 Å². The molecule has 0 saturated carbocycles. The van der Waals surface area contributed by atoms with Crippen LogP contribution in [0.2, 0.25) is 0 Å². The molecule has 2 amide bonds. The lowest BCUT2D eigenvalue weighted by atomic mass is 9.88. The Hall–Kier alpha value is -2.37. The van der Waals surface area contributed by atoms with Crippen molar-refractivity contribution in [1.82, 2.24) is 20.0 Å². The zero-order valence-corrected chi connectivity index (χ0v) is 18.6. The third-order valence-corrected chi connectivity index (χ3v) is 6.70. The Bertz CT molecular complexity index is 744. The number of hydrogen-bond donors (Lipinski definition) is 1. The van der Waals surface area contributed by atoms with Crippen molar-refractivity contribution in [3.8, 4) is 0 Å². The highest BCUT2D eigenvalue weighted by atomic mass is 16.2. The molecule has 2 saturated heterocycles. The van der Waals surface area contributed by atoms with Crippen LogP contribution in [0.15, 0.2) is 60.7 Å². The summed E-state index contributed by atoms with van der Waals surface area (Å²) in [7, 11) is 0. The molecular weight excluding hydrogens is 384 g/mol. The first-order chi connectivity index (χ1) is 15.3. The highest BCUT2D eigenvalue weighted by Gasteiger charge is 2.22. The van der Waals surface area contributed by atoms with Gasteiger partial charge in [0, 0.05) is 51.7 Å². The molecule has 2 aliphatic rings. The summed E-state index contributed by atoms with van der Waals surface area (Å²) in [5.74, 6) is 0.296. The molecule has 1 N–H and O–H groups in total. The van der Waals surface area contributed by atoms with Crippen LogP contribution in [-0.4, -0.2) is 79.6 Å². The van der Waals surface area contributed by atoms with E-state index in [1.165, 1.54) is 43.6 Å². The molecule has 2 aliphatic heterocycles. The number of likely N-dealkylation sites (tertiary alicyclic amines) is 1. The number of benzene rings is 2. The maximum atomic E-state index is 12.7. The van der Waals surface area contributed by atoms with E-state index in [1.54, 1.807) is 0 Å². The number of rotatable bonds is 8. The first-order valence-corrected chi connectivity index (χ1v) is 11.9. The van der Waals surface area contributed by atoms with Gasteiger partial charge in [-0.25, -0.2) is 4.79 Å². The van der Waals surface area contributed by atoms with E-state index in [0.29, 0.717) is 12.5 Å². The molecule has 5 nitrogen and oxygen atoms in total. The van der Waals surface area contributed by atoms with Crippen LogP contribution in [0, 0.1) is 0 Å². The minimum atomic E-state index is 0.0825. The molecular formula is C26H36N4O. The second kappa shape index (κ2) is 11.3. The zero-order chi connectivity index (χ0) is 21.3. The highest BCUT2D eigenvalue weighted by molar-refractivity contribution is 5.74. The summed E-state index contributed by atoms with van der Waals surface area (Å²) in [6.07, 6.45) is 3.60. The standard InChI is InChI=1S/C26H36N4O/c31-26(30-21-19-29(20-22-30)18-17-28-15-7-8-16-28)27-14-13-25(23-9-3-1-4-10-23)24-11-5-2-6-12-24/h1-6,9-12,25H,7-8,13-22H2,(H,27,31). The minimum Gasteiger partial charge on any atom is -0.338 e. The van der Waals surface area contributed by atoms with Gasteiger partial charge in [-0.05, 0) is 43.5 Å². The van der Waals surface area contributed by atoms with Gasteiger partial charge in [0.2, 0.25) is 0 Å². The lowest BCUT2D eigenvalue weighted by Crippen LogP contribution is -2.52. The van der Waals surface area contributed by atoms with Crippen molar-refractivity contribution >= 4 is 6.03 Å². The van der Waals surface area contributed by atoms with Gasteiger partial charge in [0.15, 0.2) is 0 Å². The van der Waals surface area contributed by atoms with Crippen LogP contribution in [0.3, 0.4) is 0 Å². The first-order valence-electron chi connectivity index (χ1n) is 11.9. The predicted molar refractivity (Wildman–Crippen MR) is 126 cm³/mol. The van der Waals surface area contributed by atoms with E-state index in [1.807, 2.05) is 4.90 Å². The molecule has 0 unspecified atom stereocenters. The lowest BCUT2D eigenvalue weighted by Gasteiger charge is -2.35. The molecule has 2 aromatic carbocycles. The Labute approximate surface area is 187 Å². The molecule has 0 radical (unpaired) electrons. The number of piperazine rings is 1. The summed E-state index contributed by atoms with van der Waals surface area (Å²) < 4.78 is 0. The third-order valence-electron chi connectivity index (χ3n) is 6.70. The monoisotopic (exact) mass is 420 g/mol. The van der Waals surface area contributed by atoms with Crippen LogP contribution < -0.4 is 5.32 Å². The average Bonchev–Trinajstić information content (AvgIpc) is 3.36. The van der Waals surface area contributed by atoms with Gasteiger partial charge in [-0.1, -0.05) is 60.7 Å². The van der Waals surface area contributed by atoms with Gasteiger partial charge in [0.1, 0.15) is 0 Å². The van der Waals surface area contributed by atoms with Crippen LogP contribution in [0.25, 0.3) is 0 Å². The van der Waals surface area contributed by atoms with Crippen molar-refractivity contribution in [1.29, 1.82) is 0 Å². The number of nitrogens with zero attached hydrogens (tertiary/aromatic N) is 3. The average molecular weight is 421 g/mol. The molecule has 0 atom stereocenters. The molecule has 0 bridgehead atoms. The lowest BCUT2D eigenvalue weighted by molar-refractivity contribution is 0.131. The molecule has 0 aliphatic carbocycles. The summed E-state index contributed by atoms with van der Waals surface area (Å²) in [5, 5.41) is 3.17. The Morgan fingerprint density at radius 2 is 1.26 bits per heavy atom. The third kappa shape index (κ3) is 6.31. The van der Waals surface area contributed by atoms with Crippen LogP contribution >= 0.6 is 0 Å². The molecule has 166 valence electrons. The number of carbonyl (C=O) groups excluding carboxylic acids is 1. The summed E-state index contributed by atoms with van der Waals surface area (Å²) in [6.45, 7) is 9.13. The molecule has 2 heterocycles. The van der Waals surface area contributed by atoms with E-state index >= 15 is 0 Å². The summed E-state index contributed by atoms with van der Waals surface area (Å²) in [4.78, 5) is 19.8. The first kappa shape index (κ1) is 21.8. The van der Waals surface area contributed by atoms with Crippen LogP contribution in [0.1, 0.15) is 36.3 Å². The Balaban J connectivity index is 1.22. The maximum absolute atomic E-state index is 12.7. The smallest absolute Gasteiger partial charge is 0.317 e. The van der Waals surface area contributed by atoms with Gasteiger partial charge < -0.3 is 15.1 Å². The van der Waals surface area contributed by atoms with E-state index in [4.69, 9.17) is 0 Å². The minimum absolute atomic E-state index is 0.0825. The summed E-state index contributed by atoms with van der Waals surface area (Å²) >= 11 is 0. The number of amides is 2. The van der Waals surface area contributed by atoms with Crippen molar-refractivity contribution in [2.45, 2.75) is 25.2 Å². The zero-order valence-electron chi connectivity index (χ0n) is 18.6. The number of nitrogens with one attached hydrogen (secondary N) is 1. The fraction of sp³-hybridized carbons (Fsp3) is 0.500. The summed E-state index contributed by atoms with van der Waals surface area (Å²) in [5.41, 5.74) is 2.60. The number of hydrogen-bond acceptors (Lipinski definition) is 3. The summed E-state index contributed by atoms with van der Waals surface area (Å²) in [6, 6.07) is 21.3. The normalized spacial score (nSPS) is 17.9. The topological polar surface area (TPSA) is 38.8 Å². The fourth-order valence-corrected chi connectivity index (χ4v) is 4.80. The second-order valence-corrected chi connectivity index (χ2v) is 8.77.